The average molecular weight is 276 g/mol. The number of pyridine rings is 1. The summed E-state index contributed by atoms with van der Waals surface area (Å²) in [5.74, 6) is 2.76. The van der Waals surface area contributed by atoms with Gasteiger partial charge in [0.05, 0.1) is 0 Å². The Balaban J connectivity index is 2.11. The van der Waals surface area contributed by atoms with Crippen molar-refractivity contribution in [2.45, 2.75) is 59.1 Å². The molecule has 1 aromatic rings. The van der Waals surface area contributed by atoms with Gasteiger partial charge in [-0.25, -0.2) is 4.98 Å². The average Bonchev–Trinajstić information content (AvgIpc) is 2.38. The second-order valence-corrected chi connectivity index (χ2v) is 6.70. The van der Waals surface area contributed by atoms with Crippen molar-refractivity contribution in [1.29, 1.82) is 0 Å². The van der Waals surface area contributed by atoms with Crippen molar-refractivity contribution in [3.63, 3.8) is 0 Å². The van der Waals surface area contributed by atoms with Crippen LogP contribution in [0.4, 0.5) is 0 Å². The lowest BCUT2D eigenvalue weighted by atomic mass is 9.75. The third-order valence-electron chi connectivity index (χ3n) is 4.52. The second-order valence-electron chi connectivity index (χ2n) is 6.70. The van der Waals surface area contributed by atoms with Crippen LogP contribution in [0.1, 0.15) is 58.6 Å². The Morgan fingerprint density at radius 1 is 1.30 bits per heavy atom. The molecule has 0 saturated heterocycles. The van der Waals surface area contributed by atoms with E-state index < -0.39 is 0 Å². The standard InChI is InChI=1S/C17H28N2O/c1-11(2)15-6-5-12(3)9-16(15)20-17-10-14(13(4)18)7-8-19-17/h7-8,10-13,15-16H,5-6,9,18H2,1-4H3. The zero-order valence-corrected chi connectivity index (χ0v) is 13.2. The summed E-state index contributed by atoms with van der Waals surface area (Å²) in [4.78, 5) is 4.36. The molecule has 1 aliphatic rings. The highest BCUT2D eigenvalue weighted by molar-refractivity contribution is 5.23. The SMILES string of the molecule is CC1CCC(C(C)C)C(Oc2cc(C(C)N)ccn2)C1. The number of hydrogen-bond acceptors (Lipinski definition) is 3. The van der Waals surface area contributed by atoms with Crippen molar-refractivity contribution < 1.29 is 4.74 Å². The summed E-state index contributed by atoms with van der Waals surface area (Å²) >= 11 is 0. The van der Waals surface area contributed by atoms with Gasteiger partial charge in [-0.1, -0.05) is 27.2 Å². The van der Waals surface area contributed by atoms with Crippen molar-refractivity contribution in [2.24, 2.45) is 23.5 Å². The molecule has 112 valence electrons. The molecule has 1 saturated carbocycles. The highest BCUT2D eigenvalue weighted by Crippen LogP contribution is 2.35. The first kappa shape index (κ1) is 15.3. The van der Waals surface area contributed by atoms with Crippen LogP contribution in [0, 0.1) is 17.8 Å². The predicted molar refractivity (Wildman–Crippen MR) is 82.6 cm³/mol. The van der Waals surface area contributed by atoms with Crippen LogP contribution in [0.25, 0.3) is 0 Å². The summed E-state index contributed by atoms with van der Waals surface area (Å²) in [5.41, 5.74) is 7.01. The maximum absolute atomic E-state index is 6.22. The number of ether oxygens (including phenoxy) is 1. The van der Waals surface area contributed by atoms with Crippen LogP contribution in [0.3, 0.4) is 0 Å². The van der Waals surface area contributed by atoms with Gasteiger partial charge in [0.2, 0.25) is 5.88 Å². The summed E-state index contributed by atoms with van der Waals surface area (Å²) < 4.78 is 6.22. The van der Waals surface area contributed by atoms with Crippen LogP contribution in [0.2, 0.25) is 0 Å². The largest absolute Gasteiger partial charge is 0.474 e. The summed E-state index contributed by atoms with van der Waals surface area (Å²) in [5, 5.41) is 0. The lowest BCUT2D eigenvalue weighted by Crippen LogP contribution is -2.36. The van der Waals surface area contributed by atoms with Gasteiger partial charge in [0.1, 0.15) is 6.10 Å². The molecule has 0 spiro atoms. The van der Waals surface area contributed by atoms with Crippen LogP contribution in [0.5, 0.6) is 5.88 Å². The van der Waals surface area contributed by atoms with Crippen LogP contribution >= 0.6 is 0 Å². The van der Waals surface area contributed by atoms with Crippen LogP contribution in [-0.4, -0.2) is 11.1 Å². The fourth-order valence-electron chi connectivity index (χ4n) is 3.18. The smallest absolute Gasteiger partial charge is 0.213 e. The molecule has 1 aromatic heterocycles. The molecule has 2 N–H and O–H groups in total. The van der Waals surface area contributed by atoms with Crippen molar-refractivity contribution in [3.8, 4) is 5.88 Å². The van der Waals surface area contributed by atoms with Gasteiger partial charge in [-0.2, -0.15) is 0 Å². The van der Waals surface area contributed by atoms with E-state index in [-0.39, 0.29) is 12.1 Å². The third-order valence-corrected chi connectivity index (χ3v) is 4.52. The number of nitrogens with two attached hydrogens (primary N) is 1. The molecule has 1 aliphatic carbocycles. The summed E-state index contributed by atoms with van der Waals surface area (Å²) in [7, 11) is 0. The topological polar surface area (TPSA) is 48.1 Å². The molecule has 1 heterocycles. The van der Waals surface area contributed by atoms with E-state index in [1.54, 1.807) is 6.20 Å². The molecule has 0 aromatic carbocycles. The zero-order valence-electron chi connectivity index (χ0n) is 13.2. The van der Waals surface area contributed by atoms with Crippen molar-refractivity contribution in [2.75, 3.05) is 0 Å². The van der Waals surface area contributed by atoms with Gasteiger partial charge in [0, 0.05) is 18.3 Å². The minimum Gasteiger partial charge on any atom is -0.474 e. The Labute approximate surface area is 122 Å². The lowest BCUT2D eigenvalue weighted by molar-refractivity contribution is 0.0426. The van der Waals surface area contributed by atoms with Crippen LogP contribution in [0.15, 0.2) is 18.3 Å². The van der Waals surface area contributed by atoms with E-state index in [1.165, 1.54) is 12.8 Å². The van der Waals surface area contributed by atoms with Crippen LogP contribution < -0.4 is 10.5 Å². The molecule has 0 radical (unpaired) electrons. The van der Waals surface area contributed by atoms with Crippen molar-refractivity contribution >= 4 is 0 Å². The molecule has 2 rings (SSSR count). The molecular weight excluding hydrogens is 248 g/mol. The summed E-state index contributed by atoms with van der Waals surface area (Å²) in [6.07, 6.45) is 5.79. The number of aromatic nitrogens is 1. The Morgan fingerprint density at radius 2 is 2.05 bits per heavy atom. The van der Waals surface area contributed by atoms with E-state index in [2.05, 4.69) is 25.8 Å². The van der Waals surface area contributed by atoms with Gasteiger partial charge in [-0.3, -0.25) is 0 Å². The zero-order chi connectivity index (χ0) is 14.7. The molecule has 4 atom stereocenters. The number of rotatable bonds is 4. The van der Waals surface area contributed by atoms with Crippen LogP contribution in [-0.2, 0) is 0 Å². The number of hydrogen-bond donors (Lipinski definition) is 1. The van der Waals surface area contributed by atoms with Crippen molar-refractivity contribution in [3.05, 3.63) is 23.9 Å². The lowest BCUT2D eigenvalue weighted by Gasteiger charge is -2.37. The van der Waals surface area contributed by atoms with E-state index in [0.29, 0.717) is 11.8 Å². The third kappa shape index (κ3) is 3.72. The fraction of sp³-hybridized carbons (Fsp3) is 0.706. The van der Waals surface area contributed by atoms with E-state index in [9.17, 15) is 0 Å². The molecule has 3 nitrogen and oxygen atoms in total. The first-order chi connectivity index (χ1) is 9.47. The van der Waals surface area contributed by atoms with Crippen molar-refractivity contribution in [1.82, 2.24) is 4.98 Å². The highest BCUT2D eigenvalue weighted by atomic mass is 16.5. The molecule has 1 fully saturated rings. The molecule has 3 heteroatoms. The minimum atomic E-state index is 0.0199. The van der Waals surface area contributed by atoms with E-state index >= 15 is 0 Å². The Bertz CT molecular complexity index is 431. The molecule has 0 amide bonds. The van der Waals surface area contributed by atoms with Gasteiger partial charge < -0.3 is 10.5 Å². The predicted octanol–water partition coefficient (Wildman–Crippen LogP) is 3.94. The minimum absolute atomic E-state index is 0.0199. The molecule has 4 unspecified atom stereocenters. The monoisotopic (exact) mass is 276 g/mol. The molecule has 0 aliphatic heterocycles. The summed E-state index contributed by atoms with van der Waals surface area (Å²) in [6.45, 7) is 8.89. The first-order valence-electron chi connectivity index (χ1n) is 7.85. The molecule has 20 heavy (non-hydrogen) atoms. The van der Waals surface area contributed by atoms with E-state index in [0.717, 1.165) is 23.8 Å². The maximum atomic E-state index is 6.22. The van der Waals surface area contributed by atoms with Gasteiger partial charge in [0.25, 0.3) is 0 Å². The Morgan fingerprint density at radius 3 is 2.70 bits per heavy atom. The Hall–Kier alpha value is -1.09. The van der Waals surface area contributed by atoms with Gasteiger partial charge in [-0.15, -0.1) is 0 Å². The maximum Gasteiger partial charge on any atom is 0.213 e. The first-order valence-corrected chi connectivity index (χ1v) is 7.85. The van der Waals surface area contributed by atoms with Gasteiger partial charge in [-0.05, 0) is 49.1 Å². The summed E-state index contributed by atoms with van der Waals surface area (Å²) in [6, 6.07) is 3.97. The molecular formula is C17H28N2O. The second kappa shape index (κ2) is 6.57. The van der Waals surface area contributed by atoms with Gasteiger partial charge in [0.15, 0.2) is 0 Å². The highest BCUT2D eigenvalue weighted by Gasteiger charge is 2.32. The Kier molecular flexibility index (Phi) is 5.03. The fourth-order valence-corrected chi connectivity index (χ4v) is 3.18. The normalized spacial score (nSPS) is 28.4. The number of nitrogens with zero attached hydrogens (tertiary/aromatic N) is 1. The quantitative estimate of drug-likeness (QED) is 0.906. The molecule has 0 bridgehead atoms. The van der Waals surface area contributed by atoms with E-state index in [1.807, 2.05) is 19.1 Å². The van der Waals surface area contributed by atoms with Gasteiger partial charge >= 0.3 is 0 Å². The van der Waals surface area contributed by atoms with E-state index in [4.69, 9.17) is 10.5 Å².